The Balaban J connectivity index is 5.33. The number of hydrogen-bond acceptors (Lipinski definition) is 1. The first kappa shape index (κ1) is 14.8. The fraction of sp³-hybridized carbons (Fsp3) is 0.750. The zero-order valence-corrected chi connectivity index (χ0v) is 6.67. The van der Waals surface area contributed by atoms with E-state index in [4.69, 9.17) is 0 Å². The quantitative estimate of drug-likeness (QED) is 0.284. The second-order valence-electron chi connectivity index (χ2n) is 2.12. The predicted octanol–water partition coefficient (Wildman–Crippen LogP) is 3.17. The van der Waals surface area contributed by atoms with Crippen LogP contribution in [0.15, 0.2) is 4.99 Å². The minimum atomic E-state index is -6.41. The topological polar surface area (TPSA) is 15.6 Å². The van der Waals surface area contributed by atoms with Crippen LogP contribution in [0, 0.1) is 0 Å². The highest BCUT2D eigenvalue weighted by molar-refractivity contribution is 5.73. The third-order valence-corrected chi connectivity index (χ3v) is 0.911. The van der Waals surface area contributed by atoms with Crippen LogP contribution in [0.1, 0.15) is 0 Å². The van der Waals surface area contributed by atoms with Crippen molar-refractivity contribution in [2.45, 2.75) is 18.9 Å². The summed E-state index contributed by atoms with van der Waals surface area (Å²) < 4.78 is 115. The average molecular weight is 266 g/mol. The number of alkyl halides is 9. The third-order valence-electron chi connectivity index (χ3n) is 0.911. The summed E-state index contributed by atoms with van der Waals surface area (Å²) >= 11 is 0. The molecule has 0 radical (unpaired) electrons. The molecule has 0 aromatic rings. The highest BCUT2D eigenvalue weighted by Gasteiger charge is 2.57. The van der Waals surface area contributed by atoms with Crippen LogP contribution in [0.3, 0.4) is 0 Å². The van der Waals surface area contributed by atoms with E-state index in [0.29, 0.717) is 4.99 Å². The largest absolute Gasteiger partial charge is 0.506 e. The van der Waals surface area contributed by atoms with Crippen molar-refractivity contribution in [3.8, 4) is 0 Å². The van der Waals surface area contributed by atoms with Gasteiger partial charge in [-0.05, 0) is 0 Å². The van der Waals surface area contributed by atoms with E-state index in [9.17, 15) is 43.9 Å². The highest BCUT2D eigenvalue weighted by atomic mass is 19.4. The first-order chi connectivity index (χ1) is 6.75. The molecule has 0 atom stereocenters. The number of aliphatic imine (C=N–C) groups is 1. The van der Waals surface area contributed by atoms with Crippen LogP contribution in [-0.4, -0.2) is 29.9 Å². The maximum Gasteiger partial charge on any atom is 0.506 e. The average Bonchev–Trinajstić information content (AvgIpc) is 1.70. The van der Waals surface area contributed by atoms with E-state index >= 15 is 0 Å². The third kappa shape index (κ3) is 4.53. The fourth-order valence-electron chi connectivity index (χ4n) is 0.508. The van der Waals surface area contributed by atoms with Gasteiger partial charge in [-0.15, -0.1) is 44.5 Å². The maximum absolute atomic E-state index is 12.1. The predicted molar refractivity (Wildman–Crippen MR) is 28.5 cm³/mol. The second kappa shape index (κ2) is 3.97. The van der Waals surface area contributed by atoms with Gasteiger partial charge in [-0.2, -0.15) is 9.29 Å². The van der Waals surface area contributed by atoms with Gasteiger partial charge in [0.1, 0.15) is 0 Å². The van der Waals surface area contributed by atoms with Crippen molar-refractivity contribution in [1.82, 2.24) is 4.90 Å². The van der Waals surface area contributed by atoms with E-state index in [0.717, 1.165) is 0 Å². The molecule has 0 spiro atoms. The minimum absolute atomic E-state index is 0.678. The van der Waals surface area contributed by atoms with Gasteiger partial charge in [0, 0.05) is 0 Å². The van der Waals surface area contributed by atoms with E-state index in [-0.39, 0.29) is 0 Å². The van der Waals surface area contributed by atoms with Crippen LogP contribution in [0.2, 0.25) is 0 Å². The Morgan fingerprint density at radius 1 is 0.750 bits per heavy atom. The van der Waals surface area contributed by atoms with Gasteiger partial charge in [-0.3, -0.25) is 0 Å². The number of rotatable bonds is 0. The van der Waals surface area contributed by atoms with Gasteiger partial charge < -0.3 is 0 Å². The zero-order chi connectivity index (χ0) is 13.4. The number of nitrogens with zero attached hydrogens (tertiary/aromatic N) is 2. The van der Waals surface area contributed by atoms with Gasteiger partial charge in [0.25, 0.3) is 0 Å². The van der Waals surface area contributed by atoms with Crippen molar-refractivity contribution in [3.05, 3.63) is 0 Å². The molecule has 0 saturated carbocycles. The lowest BCUT2D eigenvalue weighted by molar-refractivity contribution is -0.346. The van der Waals surface area contributed by atoms with Crippen molar-refractivity contribution in [2.75, 3.05) is 0 Å². The smallest absolute Gasteiger partial charge is 0.164 e. The van der Waals surface area contributed by atoms with Crippen molar-refractivity contribution in [2.24, 2.45) is 4.99 Å². The molecule has 0 saturated heterocycles. The molecule has 0 aromatic carbocycles. The van der Waals surface area contributed by atoms with Crippen LogP contribution >= 0.6 is 0 Å². The second-order valence-corrected chi connectivity index (χ2v) is 2.12. The van der Waals surface area contributed by atoms with Crippen LogP contribution in [0.5, 0.6) is 0 Å². The summed E-state index contributed by atoms with van der Waals surface area (Å²) in [6.07, 6.45) is -22.5. The van der Waals surface area contributed by atoms with E-state index in [2.05, 4.69) is 0 Å². The summed E-state index contributed by atoms with van der Waals surface area (Å²) in [5, 5.41) is 0. The lowest BCUT2D eigenvalue weighted by Gasteiger charge is -2.25. The molecule has 0 N–H and O–H groups in total. The number of amidine groups is 1. The molecule has 12 heteroatoms. The molecule has 0 unspecified atom stereocenters. The minimum Gasteiger partial charge on any atom is -0.164 e. The van der Waals surface area contributed by atoms with Gasteiger partial charge in [-0.1, -0.05) is 0 Å². The molecular formula is C4F10N2. The lowest BCUT2D eigenvalue weighted by Crippen LogP contribution is -2.50. The van der Waals surface area contributed by atoms with Gasteiger partial charge in [0.2, 0.25) is 0 Å². The summed E-state index contributed by atoms with van der Waals surface area (Å²) in [6, 6.07) is 0. The molecule has 0 heterocycles. The molecule has 0 aromatic heterocycles. The Labute approximate surface area is 80.1 Å². The van der Waals surface area contributed by atoms with Gasteiger partial charge in [0.15, 0.2) is 0 Å². The first-order valence-corrected chi connectivity index (χ1v) is 3.01. The van der Waals surface area contributed by atoms with Crippen LogP contribution < -0.4 is 0 Å². The Kier molecular flexibility index (Phi) is 3.67. The van der Waals surface area contributed by atoms with E-state index in [1.165, 1.54) is 0 Å². The molecule has 2 nitrogen and oxygen atoms in total. The molecule has 96 valence electrons. The molecular weight excluding hydrogens is 266 g/mol. The van der Waals surface area contributed by atoms with Crippen molar-refractivity contribution in [1.29, 1.82) is 0 Å². The van der Waals surface area contributed by atoms with Gasteiger partial charge >= 0.3 is 25.0 Å². The van der Waals surface area contributed by atoms with E-state index in [1.807, 2.05) is 0 Å². The van der Waals surface area contributed by atoms with Gasteiger partial charge in [-0.25, -0.2) is 0 Å². The normalized spacial score (nSPS) is 15.2. The van der Waals surface area contributed by atoms with E-state index < -0.39 is 29.9 Å². The van der Waals surface area contributed by atoms with Gasteiger partial charge in [0.05, 0.1) is 0 Å². The lowest BCUT2D eigenvalue weighted by atomic mass is 10.7. The standard InChI is InChI=1S/C4F10N2/c5-1(15-2(6,7)8)16(3(9,10)11)4(12,13)14/b15-1+. The van der Waals surface area contributed by atoms with Crippen LogP contribution in [0.4, 0.5) is 43.9 Å². The molecule has 0 amide bonds. The molecule has 0 fully saturated rings. The summed E-state index contributed by atoms with van der Waals surface area (Å²) in [5.41, 5.74) is 0. The van der Waals surface area contributed by atoms with Crippen molar-refractivity contribution >= 4 is 6.09 Å². The SMILES string of the molecule is F/C(=N\C(F)(F)F)N(C(F)(F)F)C(F)(F)F. The Hall–Kier alpha value is -1.23. The molecule has 0 rings (SSSR count). The number of hydrogen-bond donors (Lipinski definition) is 0. The molecule has 0 aliphatic heterocycles. The monoisotopic (exact) mass is 266 g/mol. The van der Waals surface area contributed by atoms with E-state index in [1.54, 1.807) is 0 Å². The summed E-state index contributed by atoms with van der Waals surface area (Å²) in [4.78, 5) is -2.31. The molecule has 0 aliphatic rings. The molecule has 16 heavy (non-hydrogen) atoms. The first-order valence-electron chi connectivity index (χ1n) is 3.01. The molecule has 0 bridgehead atoms. The summed E-state index contributed by atoms with van der Waals surface area (Å²) in [6.45, 7) is 0. The van der Waals surface area contributed by atoms with Crippen molar-refractivity contribution in [3.63, 3.8) is 0 Å². The molecule has 0 aliphatic carbocycles. The van der Waals surface area contributed by atoms with Crippen LogP contribution in [-0.2, 0) is 0 Å². The zero-order valence-electron chi connectivity index (χ0n) is 6.67. The summed E-state index contributed by atoms with van der Waals surface area (Å²) in [5.74, 6) is 0. The fourth-order valence-corrected chi connectivity index (χ4v) is 0.508. The Bertz CT molecular complexity index is 254. The summed E-state index contributed by atoms with van der Waals surface area (Å²) in [7, 11) is 0. The van der Waals surface area contributed by atoms with Crippen LogP contribution in [0.25, 0.3) is 0 Å². The highest BCUT2D eigenvalue weighted by Crippen LogP contribution is 2.35. The Morgan fingerprint density at radius 3 is 1.25 bits per heavy atom. The van der Waals surface area contributed by atoms with Crippen molar-refractivity contribution < 1.29 is 43.9 Å². The number of halogens is 10. The Morgan fingerprint density at radius 2 is 1.06 bits per heavy atom. The maximum atomic E-state index is 12.1.